The highest BCUT2D eigenvalue weighted by Gasteiger charge is 2.08. The molecule has 2 aromatic rings. The zero-order valence-electron chi connectivity index (χ0n) is 12.0. The first-order valence-electron chi connectivity index (χ1n) is 6.86. The number of thioether (sulfide) groups is 1. The van der Waals surface area contributed by atoms with E-state index in [2.05, 4.69) is 15.5 Å². The number of hydrazone groups is 1. The molecule has 0 aliphatic carbocycles. The number of nitrogens with one attached hydrogen (secondary N) is 1. The van der Waals surface area contributed by atoms with Crippen LogP contribution in [0, 0.1) is 0 Å². The van der Waals surface area contributed by atoms with Crippen molar-refractivity contribution in [1.29, 1.82) is 0 Å². The summed E-state index contributed by atoms with van der Waals surface area (Å²) >= 11 is 1.46. The van der Waals surface area contributed by atoms with Crippen molar-refractivity contribution in [1.82, 2.24) is 5.43 Å². The maximum atomic E-state index is 5.43. The van der Waals surface area contributed by atoms with Gasteiger partial charge in [0, 0.05) is 11.0 Å². The smallest absolute Gasteiger partial charge is 0.211 e. The van der Waals surface area contributed by atoms with E-state index in [1.165, 1.54) is 11.8 Å². The minimum atomic E-state index is 0.631. The summed E-state index contributed by atoms with van der Waals surface area (Å²) < 4.78 is 10.6. The van der Waals surface area contributed by atoms with Gasteiger partial charge in [0.1, 0.15) is 11.5 Å². The lowest BCUT2D eigenvalue weighted by Crippen LogP contribution is -2.10. The van der Waals surface area contributed by atoms with Crippen LogP contribution < -0.4 is 10.2 Å². The molecule has 1 aromatic carbocycles. The van der Waals surface area contributed by atoms with E-state index in [1.807, 2.05) is 48.7 Å². The fraction of sp³-hybridized carbons (Fsp3) is 0.125. The maximum Gasteiger partial charge on any atom is 0.211 e. The standard InChI is InChI=1S/C16H15N3O2S/c1-2-20-13-7-5-12(6-8-13)15-11-22-16(19-18-15)17-10-14-4-3-9-21-14/h3-11,18H,2H2,1H3. The maximum absolute atomic E-state index is 5.43. The van der Waals surface area contributed by atoms with E-state index in [9.17, 15) is 0 Å². The van der Waals surface area contributed by atoms with Gasteiger partial charge in [-0.05, 0) is 43.3 Å². The number of benzene rings is 1. The number of hydrogen-bond acceptors (Lipinski definition) is 6. The predicted octanol–water partition coefficient (Wildman–Crippen LogP) is 3.70. The molecular weight excluding hydrogens is 298 g/mol. The Morgan fingerprint density at radius 2 is 2.18 bits per heavy atom. The van der Waals surface area contributed by atoms with Gasteiger partial charge < -0.3 is 9.15 Å². The van der Waals surface area contributed by atoms with Crippen molar-refractivity contribution >= 4 is 28.8 Å². The molecule has 0 bridgehead atoms. The molecule has 6 heteroatoms. The molecule has 3 rings (SSSR count). The quantitative estimate of drug-likeness (QED) is 0.874. The number of rotatable bonds is 4. The number of ether oxygens (including phenoxy) is 1. The lowest BCUT2D eigenvalue weighted by molar-refractivity contribution is 0.340. The molecule has 0 fully saturated rings. The number of hydrogen-bond donors (Lipinski definition) is 1. The van der Waals surface area contributed by atoms with Gasteiger partial charge in [-0.1, -0.05) is 11.8 Å². The van der Waals surface area contributed by atoms with Gasteiger partial charge in [-0.3, -0.25) is 5.43 Å². The Kier molecular flexibility index (Phi) is 4.60. The van der Waals surface area contributed by atoms with E-state index >= 15 is 0 Å². The zero-order chi connectivity index (χ0) is 15.2. The second-order valence-corrected chi connectivity index (χ2v) is 5.22. The van der Waals surface area contributed by atoms with Crippen molar-refractivity contribution in [2.45, 2.75) is 6.92 Å². The summed E-state index contributed by atoms with van der Waals surface area (Å²) in [7, 11) is 0. The Labute approximate surface area is 132 Å². The fourth-order valence-electron chi connectivity index (χ4n) is 1.85. The lowest BCUT2D eigenvalue weighted by atomic mass is 10.2. The van der Waals surface area contributed by atoms with Gasteiger partial charge in [-0.2, -0.15) is 0 Å². The zero-order valence-corrected chi connectivity index (χ0v) is 12.8. The molecule has 0 atom stereocenters. The Morgan fingerprint density at radius 1 is 1.32 bits per heavy atom. The van der Waals surface area contributed by atoms with Crippen LogP contribution in [0.3, 0.4) is 0 Å². The Morgan fingerprint density at radius 3 is 2.82 bits per heavy atom. The first-order valence-corrected chi connectivity index (χ1v) is 7.74. The van der Waals surface area contributed by atoms with Gasteiger partial charge in [0.15, 0.2) is 0 Å². The first-order chi connectivity index (χ1) is 10.8. The minimum absolute atomic E-state index is 0.631. The van der Waals surface area contributed by atoms with Crippen LogP contribution >= 0.6 is 11.8 Å². The molecule has 2 heterocycles. The van der Waals surface area contributed by atoms with E-state index in [4.69, 9.17) is 9.15 Å². The van der Waals surface area contributed by atoms with E-state index in [0.717, 1.165) is 17.0 Å². The first kappa shape index (κ1) is 14.5. The van der Waals surface area contributed by atoms with Gasteiger partial charge in [0.2, 0.25) is 5.17 Å². The van der Waals surface area contributed by atoms with Crippen LogP contribution in [0.15, 0.2) is 62.6 Å². The highest BCUT2D eigenvalue weighted by atomic mass is 32.2. The molecule has 0 radical (unpaired) electrons. The highest BCUT2D eigenvalue weighted by molar-refractivity contribution is 8.16. The average molecular weight is 313 g/mol. The van der Waals surface area contributed by atoms with Crippen LogP contribution in [0.4, 0.5) is 0 Å². The molecular formula is C16H15N3O2S. The number of aliphatic imine (C=N–C) groups is 1. The third-order valence-corrected chi connectivity index (χ3v) is 3.64. The molecule has 0 saturated heterocycles. The van der Waals surface area contributed by atoms with Crippen LogP contribution in [0.2, 0.25) is 0 Å². The van der Waals surface area contributed by atoms with Crippen molar-refractivity contribution in [3.63, 3.8) is 0 Å². The van der Waals surface area contributed by atoms with Crippen LogP contribution in [0.25, 0.3) is 5.70 Å². The van der Waals surface area contributed by atoms with Crippen LogP contribution in [0.1, 0.15) is 18.2 Å². The Balaban J connectivity index is 1.62. The topological polar surface area (TPSA) is 59.1 Å². The highest BCUT2D eigenvalue weighted by Crippen LogP contribution is 2.23. The SMILES string of the molecule is CCOc1ccc(C2=CSC(N=Cc3ccco3)=NN2)cc1. The molecule has 0 saturated carbocycles. The summed E-state index contributed by atoms with van der Waals surface area (Å²) in [5.41, 5.74) is 5.00. The predicted molar refractivity (Wildman–Crippen MR) is 90.1 cm³/mol. The van der Waals surface area contributed by atoms with Crippen molar-refractivity contribution in [2.24, 2.45) is 10.1 Å². The van der Waals surface area contributed by atoms with Crippen molar-refractivity contribution in [2.75, 3.05) is 6.61 Å². The van der Waals surface area contributed by atoms with Crippen molar-refractivity contribution < 1.29 is 9.15 Å². The number of amidine groups is 1. The summed E-state index contributed by atoms with van der Waals surface area (Å²) in [5, 5.41) is 6.85. The molecule has 22 heavy (non-hydrogen) atoms. The van der Waals surface area contributed by atoms with E-state index in [-0.39, 0.29) is 0 Å². The fourth-order valence-corrected chi connectivity index (χ4v) is 2.47. The lowest BCUT2D eigenvalue weighted by Gasteiger charge is -2.12. The van der Waals surface area contributed by atoms with Gasteiger partial charge in [0.25, 0.3) is 0 Å². The van der Waals surface area contributed by atoms with Crippen LogP contribution in [0.5, 0.6) is 5.75 Å². The molecule has 1 aliphatic heterocycles. The van der Waals surface area contributed by atoms with Crippen LogP contribution in [-0.4, -0.2) is 18.0 Å². The number of furan rings is 1. The summed E-state index contributed by atoms with van der Waals surface area (Å²) in [6, 6.07) is 11.5. The summed E-state index contributed by atoms with van der Waals surface area (Å²) in [4.78, 5) is 4.26. The monoisotopic (exact) mass is 313 g/mol. The summed E-state index contributed by atoms with van der Waals surface area (Å²) in [6.07, 6.45) is 3.25. The largest absolute Gasteiger partial charge is 0.494 e. The second kappa shape index (κ2) is 7.00. The minimum Gasteiger partial charge on any atom is -0.494 e. The molecule has 0 spiro atoms. The molecule has 1 aliphatic rings. The molecule has 0 amide bonds. The van der Waals surface area contributed by atoms with Crippen molar-refractivity contribution in [3.8, 4) is 5.75 Å². The summed E-state index contributed by atoms with van der Waals surface area (Å²) in [6.45, 7) is 2.63. The molecule has 0 unspecified atom stereocenters. The van der Waals surface area contributed by atoms with E-state index < -0.39 is 0 Å². The third kappa shape index (κ3) is 3.59. The molecule has 1 aromatic heterocycles. The molecule has 5 nitrogen and oxygen atoms in total. The summed E-state index contributed by atoms with van der Waals surface area (Å²) in [5.74, 6) is 1.56. The molecule has 1 N–H and O–H groups in total. The van der Waals surface area contributed by atoms with Gasteiger partial charge in [-0.25, -0.2) is 4.99 Å². The number of nitrogens with zero attached hydrogens (tertiary/aromatic N) is 2. The Hall–Kier alpha value is -2.47. The van der Waals surface area contributed by atoms with Crippen molar-refractivity contribution in [3.05, 3.63) is 59.4 Å². The Bertz CT molecular complexity index is 704. The van der Waals surface area contributed by atoms with Gasteiger partial charge in [-0.15, -0.1) is 5.10 Å². The van der Waals surface area contributed by atoms with Gasteiger partial charge in [0.05, 0.1) is 24.8 Å². The second-order valence-electron chi connectivity index (χ2n) is 4.39. The third-order valence-electron chi connectivity index (χ3n) is 2.88. The average Bonchev–Trinajstić information content (AvgIpc) is 3.08. The normalized spacial score (nSPS) is 14.4. The van der Waals surface area contributed by atoms with Crippen LogP contribution in [-0.2, 0) is 0 Å². The van der Waals surface area contributed by atoms with E-state index in [0.29, 0.717) is 17.5 Å². The molecule has 112 valence electrons. The van der Waals surface area contributed by atoms with E-state index in [1.54, 1.807) is 12.5 Å². The van der Waals surface area contributed by atoms with Gasteiger partial charge >= 0.3 is 0 Å².